The topological polar surface area (TPSA) is 50.9 Å². The van der Waals surface area contributed by atoms with Crippen molar-refractivity contribution in [2.75, 3.05) is 17.6 Å². The number of halogens is 3. The Hall–Kier alpha value is -0.980. The molecule has 74 valence electrons. The van der Waals surface area contributed by atoms with E-state index in [0.717, 1.165) is 11.5 Å². The highest BCUT2D eigenvalue weighted by molar-refractivity contribution is 7.10. The van der Waals surface area contributed by atoms with E-state index in [1.54, 1.807) is 0 Å². The fraction of sp³-hybridized carbons (Fsp3) is 0.500. The number of rotatable bonds is 3. The summed E-state index contributed by atoms with van der Waals surface area (Å²) in [5.74, 6) is 0.319. The molecule has 1 heterocycles. The zero-order chi connectivity index (χ0) is 9.90. The number of anilines is 2. The van der Waals surface area contributed by atoms with Crippen molar-refractivity contribution in [2.45, 2.75) is 12.6 Å². The summed E-state index contributed by atoms with van der Waals surface area (Å²) in [5.41, 5.74) is 5.27. The van der Waals surface area contributed by atoms with Gasteiger partial charge in [-0.2, -0.15) is 17.5 Å². The third-order valence-electron chi connectivity index (χ3n) is 1.24. The molecule has 0 fully saturated rings. The largest absolute Gasteiger partial charge is 0.390 e. The predicted molar refractivity (Wildman–Crippen MR) is 45.7 cm³/mol. The number of nitrogens with one attached hydrogen (secondary N) is 1. The van der Waals surface area contributed by atoms with Gasteiger partial charge in [-0.25, -0.2) is 0 Å². The summed E-state index contributed by atoms with van der Waals surface area (Å²) in [7, 11) is 0. The van der Waals surface area contributed by atoms with Gasteiger partial charge in [0.05, 0.1) is 6.42 Å². The number of hydrogen-bond donors (Lipinski definition) is 2. The van der Waals surface area contributed by atoms with Crippen molar-refractivity contribution >= 4 is 22.4 Å². The van der Waals surface area contributed by atoms with Crippen LogP contribution in [0.5, 0.6) is 0 Å². The Kier molecular flexibility index (Phi) is 2.97. The monoisotopic (exact) mass is 211 g/mol. The standard InChI is InChI=1S/C6H8F3N3S/c7-6(8,9)1-2-11-5-3-4(10)12-13-5/h3,11H,1-2H2,(H2,10,12). The highest BCUT2D eigenvalue weighted by Crippen LogP contribution is 2.21. The van der Waals surface area contributed by atoms with E-state index in [0.29, 0.717) is 10.8 Å². The average Bonchev–Trinajstić information content (AvgIpc) is 2.33. The van der Waals surface area contributed by atoms with E-state index in [9.17, 15) is 13.2 Å². The zero-order valence-corrected chi connectivity index (χ0v) is 7.37. The Labute approximate surface area is 76.9 Å². The molecule has 0 aromatic carbocycles. The van der Waals surface area contributed by atoms with Crippen molar-refractivity contribution < 1.29 is 13.2 Å². The second-order valence-electron chi connectivity index (χ2n) is 2.41. The molecular weight excluding hydrogens is 203 g/mol. The Balaban J connectivity index is 2.28. The molecular formula is C6H8F3N3S. The molecule has 0 atom stereocenters. The lowest BCUT2D eigenvalue weighted by atomic mass is 10.4. The Bertz CT molecular complexity index is 270. The van der Waals surface area contributed by atoms with Crippen LogP contribution in [0.25, 0.3) is 0 Å². The number of nitrogen functional groups attached to an aromatic ring is 1. The van der Waals surface area contributed by atoms with E-state index in [2.05, 4.69) is 9.69 Å². The van der Waals surface area contributed by atoms with Gasteiger partial charge < -0.3 is 11.1 Å². The summed E-state index contributed by atoms with van der Waals surface area (Å²) in [6.45, 7) is -0.148. The first-order chi connectivity index (χ1) is 5.97. The predicted octanol–water partition coefficient (Wildman–Crippen LogP) is 2.09. The van der Waals surface area contributed by atoms with Crippen LogP contribution in [0.15, 0.2) is 6.07 Å². The summed E-state index contributed by atoms with van der Waals surface area (Å²) in [4.78, 5) is 0. The summed E-state index contributed by atoms with van der Waals surface area (Å²) in [6, 6.07) is 1.50. The average molecular weight is 211 g/mol. The fourth-order valence-electron chi connectivity index (χ4n) is 0.700. The molecule has 0 radical (unpaired) electrons. The van der Waals surface area contributed by atoms with Crippen molar-refractivity contribution in [3.05, 3.63) is 6.07 Å². The van der Waals surface area contributed by atoms with Crippen LogP contribution < -0.4 is 11.1 Å². The van der Waals surface area contributed by atoms with Crippen LogP contribution in [0.2, 0.25) is 0 Å². The van der Waals surface area contributed by atoms with Gasteiger partial charge in [0.2, 0.25) is 0 Å². The van der Waals surface area contributed by atoms with Gasteiger partial charge in [-0.05, 0) is 11.5 Å². The summed E-state index contributed by atoms with van der Waals surface area (Å²) in [6.07, 6.45) is -4.98. The highest BCUT2D eigenvalue weighted by atomic mass is 32.1. The molecule has 1 rings (SSSR count). The van der Waals surface area contributed by atoms with Crippen molar-refractivity contribution in [3.63, 3.8) is 0 Å². The number of alkyl halides is 3. The maximum atomic E-state index is 11.7. The van der Waals surface area contributed by atoms with Gasteiger partial charge in [0.25, 0.3) is 0 Å². The molecule has 0 saturated heterocycles. The zero-order valence-electron chi connectivity index (χ0n) is 6.56. The van der Waals surface area contributed by atoms with Gasteiger partial charge in [-0.3, -0.25) is 0 Å². The number of nitrogens with zero attached hydrogens (tertiary/aromatic N) is 1. The molecule has 3 N–H and O–H groups in total. The van der Waals surface area contributed by atoms with E-state index in [1.165, 1.54) is 6.07 Å². The van der Waals surface area contributed by atoms with Gasteiger partial charge in [0.15, 0.2) is 0 Å². The molecule has 0 aliphatic rings. The molecule has 1 aromatic heterocycles. The smallest absolute Gasteiger partial charge is 0.383 e. The van der Waals surface area contributed by atoms with Crippen molar-refractivity contribution in [1.82, 2.24) is 4.37 Å². The van der Waals surface area contributed by atoms with Gasteiger partial charge in [0, 0.05) is 12.6 Å². The maximum Gasteiger partial charge on any atom is 0.390 e. The lowest BCUT2D eigenvalue weighted by Gasteiger charge is -2.05. The molecule has 0 unspecified atom stereocenters. The first-order valence-corrected chi connectivity index (χ1v) is 4.27. The minimum Gasteiger partial charge on any atom is -0.383 e. The third-order valence-corrected chi connectivity index (χ3v) is 2.00. The van der Waals surface area contributed by atoms with E-state index in [-0.39, 0.29) is 6.54 Å². The normalized spacial score (nSPS) is 11.6. The van der Waals surface area contributed by atoms with Crippen molar-refractivity contribution in [2.24, 2.45) is 0 Å². The molecule has 0 saturated carbocycles. The van der Waals surface area contributed by atoms with E-state index >= 15 is 0 Å². The number of hydrogen-bond acceptors (Lipinski definition) is 4. The number of nitrogens with two attached hydrogens (primary N) is 1. The molecule has 7 heteroatoms. The van der Waals surface area contributed by atoms with Crippen LogP contribution in [0.3, 0.4) is 0 Å². The van der Waals surface area contributed by atoms with Crippen molar-refractivity contribution in [3.8, 4) is 0 Å². The van der Waals surface area contributed by atoms with E-state index < -0.39 is 12.6 Å². The Morgan fingerprint density at radius 3 is 2.69 bits per heavy atom. The molecule has 0 bridgehead atoms. The second kappa shape index (κ2) is 3.82. The molecule has 0 amide bonds. The van der Waals surface area contributed by atoms with Crippen LogP contribution in [0.1, 0.15) is 6.42 Å². The summed E-state index contributed by atoms with van der Waals surface area (Å²) in [5, 5.41) is 3.14. The summed E-state index contributed by atoms with van der Waals surface area (Å²) >= 11 is 1.05. The van der Waals surface area contributed by atoms with Gasteiger partial charge in [-0.1, -0.05) is 0 Å². The van der Waals surface area contributed by atoms with Crippen LogP contribution in [0, 0.1) is 0 Å². The van der Waals surface area contributed by atoms with Crippen LogP contribution in [-0.2, 0) is 0 Å². The molecule has 13 heavy (non-hydrogen) atoms. The molecule has 1 aromatic rings. The van der Waals surface area contributed by atoms with Gasteiger partial charge in [0.1, 0.15) is 10.8 Å². The Morgan fingerprint density at radius 2 is 2.23 bits per heavy atom. The van der Waals surface area contributed by atoms with Gasteiger partial charge >= 0.3 is 6.18 Å². The maximum absolute atomic E-state index is 11.7. The lowest BCUT2D eigenvalue weighted by molar-refractivity contribution is -0.131. The SMILES string of the molecule is Nc1cc(NCCC(F)(F)F)sn1. The second-order valence-corrected chi connectivity index (χ2v) is 3.21. The van der Waals surface area contributed by atoms with E-state index in [1.807, 2.05) is 0 Å². The van der Waals surface area contributed by atoms with E-state index in [4.69, 9.17) is 5.73 Å². The minimum atomic E-state index is -4.12. The molecule has 0 aliphatic carbocycles. The highest BCUT2D eigenvalue weighted by Gasteiger charge is 2.26. The van der Waals surface area contributed by atoms with Crippen LogP contribution >= 0.6 is 11.5 Å². The molecule has 0 spiro atoms. The van der Waals surface area contributed by atoms with Crippen molar-refractivity contribution in [1.29, 1.82) is 0 Å². The Morgan fingerprint density at radius 1 is 1.54 bits per heavy atom. The summed E-state index contributed by atoms with van der Waals surface area (Å²) < 4.78 is 38.8. The van der Waals surface area contributed by atoms with Gasteiger partial charge in [-0.15, -0.1) is 0 Å². The molecule has 0 aliphatic heterocycles. The third kappa shape index (κ3) is 3.97. The fourth-order valence-corrected chi connectivity index (χ4v) is 1.30. The minimum absolute atomic E-state index is 0.148. The first-order valence-electron chi connectivity index (χ1n) is 3.50. The number of aromatic nitrogens is 1. The lowest BCUT2D eigenvalue weighted by Crippen LogP contribution is -2.14. The first kappa shape index (κ1) is 10.1. The van der Waals surface area contributed by atoms with Crippen LogP contribution in [-0.4, -0.2) is 17.1 Å². The van der Waals surface area contributed by atoms with Crippen LogP contribution in [0.4, 0.5) is 24.0 Å². The molecule has 3 nitrogen and oxygen atoms in total. The quantitative estimate of drug-likeness (QED) is 0.804.